The summed E-state index contributed by atoms with van der Waals surface area (Å²) < 4.78 is 10.9. The molecule has 0 fully saturated rings. The van der Waals surface area contributed by atoms with Gasteiger partial charge in [-0.05, 0) is 39.8 Å². The molecular formula is C17H21N3O7S. The predicted molar refractivity (Wildman–Crippen MR) is 102 cm³/mol. The molecule has 0 aliphatic carbocycles. The summed E-state index contributed by atoms with van der Waals surface area (Å²) in [6.45, 7) is 6.20. The average molecular weight is 411 g/mol. The number of nitro benzene ring substituents is 1. The Morgan fingerprint density at radius 2 is 2.04 bits per heavy atom. The van der Waals surface area contributed by atoms with Crippen LogP contribution in [0.2, 0.25) is 0 Å². The van der Waals surface area contributed by atoms with Crippen molar-refractivity contribution < 1.29 is 29.1 Å². The molecule has 0 aliphatic rings. The highest BCUT2D eigenvalue weighted by Crippen LogP contribution is 2.38. The highest BCUT2D eigenvalue weighted by Gasteiger charge is 2.32. The van der Waals surface area contributed by atoms with E-state index in [0.29, 0.717) is 15.2 Å². The summed E-state index contributed by atoms with van der Waals surface area (Å²) in [6.07, 6.45) is -0.841. The molecule has 0 spiro atoms. The maximum absolute atomic E-state index is 12.1. The number of carboxylic acid groups (broad SMARTS) is 1. The number of thiazole rings is 1. The molecule has 28 heavy (non-hydrogen) atoms. The molecule has 2 aromatic rings. The van der Waals surface area contributed by atoms with Gasteiger partial charge in [0.05, 0.1) is 15.4 Å². The van der Waals surface area contributed by atoms with Gasteiger partial charge in [-0.2, -0.15) is 0 Å². The van der Waals surface area contributed by atoms with E-state index >= 15 is 0 Å². The maximum atomic E-state index is 12.1. The van der Waals surface area contributed by atoms with Crippen molar-refractivity contribution in [2.24, 2.45) is 0 Å². The minimum Gasteiger partial charge on any atom is -0.484 e. The maximum Gasteiger partial charge on any atom is 0.410 e. The molecular weight excluding hydrogens is 390 g/mol. The fraction of sp³-hybridized carbons (Fsp3) is 0.471. The van der Waals surface area contributed by atoms with Gasteiger partial charge in [0, 0.05) is 7.05 Å². The van der Waals surface area contributed by atoms with Gasteiger partial charge in [-0.25, -0.2) is 14.6 Å². The molecule has 0 radical (unpaired) electrons. The lowest BCUT2D eigenvalue weighted by molar-refractivity contribution is -0.383. The first kappa shape index (κ1) is 21.4. The zero-order chi connectivity index (χ0) is 21.2. The number of nitrogens with zero attached hydrogens (tertiary/aromatic N) is 3. The standard InChI is InChI=1S/C17H21N3O7S/c1-9-18-10-6-7-12(13(20(24)25)14(10)28-9)26-8-11(15(21)22)19(5)16(23)27-17(2,3)4/h6-7,11H,8H2,1-5H3,(H,21,22)/t11-/m0/s1. The molecule has 2 rings (SSSR count). The van der Waals surface area contributed by atoms with Crippen molar-refractivity contribution in [1.29, 1.82) is 0 Å². The number of likely N-dealkylation sites (N-methyl/N-ethyl adjacent to an activating group) is 1. The van der Waals surface area contributed by atoms with Crippen LogP contribution in [0.5, 0.6) is 5.75 Å². The van der Waals surface area contributed by atoms with Crippen molar-refractivity contribution in [3.8, 4) is 5.75 Å². The SMILES string of the molecule is Cc1nc2ccc(OC[C@@H](C(=O)O)N(C)C(=O)OC(C)(C)C)c([N+](=O)[O-])c2s1. The quantitative estimate of drug-likeness (QED) is 0.566. The molecule has 1 heterocycles. The van der Waals surface area contributed by atoms with Crippen LogP contribution in [-0.4, -0.2) is 57.3 Å². The predicted octanol–water partition coefficient (Wildman–Crippen LogP) is 3.21. The number of hydrogen-bond donors (Lipinski definition) is 1. The van der Waals surface area contributed by atoms with E-state index in [1.54, 1.807) is 33.8 Å². The number of aromatic nitrogens is 1. The Kier molecular flexibility index (Phi) is 6.07. The van der Waals surface area contributed by atoms with Crippen LogP contribution in [0.1, 0.15) is 25.8 Å². The molecule has 1 N–H and O–H groups in total. The summed E-state index contributed by atoms with van der Waals surface area (Å²) in [5.41, 5.74) is -0.627. The molecule has 0 saturated carbocycles. The number of rotatable bonds is 6. The fourth-order valence-corrected chi connectivity index (χ4v) is 3.27. The summed E-state index contributed by atoms with van der Waals surface area (Å²) in [7, 11) is 1.26. The molecule has 1 aromatic heterocycles. The van der Waals surface area contributed by atoms with E-state index in [-0.39, 0.29) is 11.4 Å². The fourth-order valence-electron chi connectivity index (χ4n) is 2.34. The summed E-state index contributed by atoms with van der Waals surface area (Å²) >= 11 is 1.15. The van der Waals surface area contributed by atoms with Gasteiger partial charge in [-0.15, -0.1) is 11.3 Å². The number of benzene rings is 1. The molecule has 1 amide bonds. The van der Waals surface area contributed by atoms with Crippen molar-refractivity contribution in [3.63, 3.8) is 0 Å². The number of aliphatic carboxylic acids is 1. The molecule has 152 valence electrons. The van der Waals surface area contributed by atoms with Crippen LogP contribution < -0.4 is 4.74 Å². The topological polar surface area (TPSA) is 132 Å². The second-order valence-electron chi connectivity index (χ2n) is 7.01. The van der Waals surface area contributed by atoms with E-state index in [2.05, 4.69) is 4.98 Å². The number of amides is 1. The molecule has 1 atom stereocenters. The monoisotopic (exact) mass is 411 g/mol. The highest BCUT2D eigenvalue weighted by molar-refractivity contribution is 7.19. The number of nitro groups is 1. The van der Waals surface area contributed by atoms with Gasteiger partial charge in [0.25, 0.3) is 0 Å². The van der Waals surface area contributed by atoms with E-state index in [1.165, 1.54) is 13.1 Å². The van der Waals surface area contributed by atoms with Gasteiger partial charge >= 0.3 is 17.7 Å². The zero-order valence-electron chi connectivity index (χ0n) is 16.1. The first-order valence-corrected chi connectivity index (χ1v) is 9.08. The number of fused-ring (bicyclic) bond motifs is 1. The lowest BCUT2D eigenvalue weighted by Crippen LogP contribution is -2.47. The van der Waals surface area contributed by atoms with E-state index in [4.69, 9.17) is 9.47 Å². The summed E-state index contributed by atoms with van der Waals surface area (Å²) in [5.74, 6) is -1.42. The van der Waals surface area contributed by atoms with E-state index in [0.717, 1.165) is 16.2 Å². The van der Waals surface area contributed by atoms with Gasteiger partial charge in [-0.3, -0.25) is 15.0 Å². The number of aryl methyl sites for hydroxylation is 1. The van der Waals surface area contributed by atoms with Crippen LogP contribution in [0.15, 0.2) is 12.1 Å². The van der Waals surface area contributed by atoms with Crippen LogP contribution in [-0.2, 0) is 9.53 Å². The molecule has 11 heteroatoms. The van der Waals surface area contributed by atoms with Crippen molar-refractivity contribution in [2.45, 2.75) is 39.3 Å². The molecule has 10 nitrogen and oxygen atoms in total. The normalized spacial score (nSPS) is 12.5. The van der Waals surface area contributed by atoms with Gasteiger partial charge in [0.2, 0.25) is 0 Å². The van der Waals surface area contributed by atoms with Crippen LogP contribution in [0.3, 0.4) is 0 Å². The van der Waals surface area contributed by atoms with Gasteiger partial charge < -0.3 is 14.6 Å². The van der Waals surface area contributed by atoms with Crippen molar-refractivity contribution in [3.05, 3.63) is 27.3 Å². The minimum absolute atomic E-state index is 0.0926. The van der Waals surface area contributed by atoms with Crippen LogP contribution in [0.4, 0.5) is 10.5 Å². The Morgan fingerprint density at radius 1 is 1.39 bits per heavy atom. The third-order valence-corrected chi connectivity index (χ3v) is 4.61. The molecule has 0 bridgehead atoms. The van der Waals surface area contributed by atoms with Gasteiger partial charge in [0.15, 0.2) is 11.8 Å². The van der Waals surface area contributed by atoms with Crippen molar-refractivity contribution >= 4 is 39.3 Å². The Balaban J connectivity index is 2.26. The number of carbonyl (C=O) groups excluding carboxylic acids is 1. The molecule has 0 unspecified atom stereocenters. The highest BCUT2D eigenvalue weighted by atomic mass is 32.1. The van der Waals surface area contributed by atoms with Gasteiger partial charge in [-0.1, -0.05) is 0 Å². The Hall–Kier alpha value is -2.95. The van der Waals surface area contributed by atoms with Crippen LogP contribution >= 0.6 is 11.3 Å². The molecule has 1 aromatic carbocycles. The number of carboxylic acids is 1. The van der Waals surface area contributed by atoms with E-state index in [1.807, 2.05) is 0 Å². The summed E-state index contributed by atoms with van der Waals surface area (Å²) in [5, 5.41) is 21.6. The van der Waals surface area contributed by atoms with Crippen molar-refractivity contribution in [2.75, 3.05) is 13.7 Å². The number of hydrogen-bond acceptors (Lipinski definition) is 8. The third-order valence-electron chi connectivity index (χ3n) is 3.61. The second-order valence-corrected chi connectivity index (χ2v) is 8.21. The number of carbonyl (C=O) groups is 2. The Labute approximate surface area is 164 Å². The first-order valence-electron chi connectivity index (χ1n) is 8.26. The Morgan fingerprint density at radius 3 is 2.57 bits per heavy atom. The molecule has 0 saturated heterocycles. The van der Waals surface area contributed by atoms with Crippen LogP contribution in [0, 0.1) is 17.0 Å². The Bertz CT molecular complexity index is 919. The van der Waals surface area contributed by atoms with E-state index < -0.39 is 35.2 Å². The zero-order valence-corrected chi connectivity index (χ0v) is 16.9. The van der Waals surface area contributed by atoms with Gasteiger partial charge in [0.1, 0.15) is 16.9 Å². The van der Waals surface area contributed by atoms with Crippen LogP contribution in [0.25, 0.3) is 10.2 Å². The first-order chi connectivity index (χ1) is 12.9. The lowest BCUT2D eigenvalue weighted by atomic mass is 10.2. The lowest BCUT2D eigenvalue weighted by Gasteiger charge is -2.28. The molecule has 0 aliphatic heterocycles. The number of ether oxygens (including phenoxy) is 2. The summed E-state index contributed by atoms with van der Waals surface area (Å²) in [4.78, 5) is 39.8. The average Bonchev–Trinajstić information content (AvgIpc) is 2.92. The minimum atomic E-state index is -1.40. The van der Waals surface area contributed by atoms with Crippen molar-refractivity contribution in [1.82, 2.24) is 9.88 Å². The smallest absolute Gasteiger partial charge is 0.410 e. The summed E-state index contributed by atoms with van der Waals surface area (Å²) in [6, 6.07) is 1.54. The largest absolute Gasteiger partial charge is 0.484 e. The van der Waals surface area contributed by atoms with E-state index in [9.17, 15) is 24.8 Å². The second kappa shape index (κ2) is 7.97. The third kappa shape index (κ3) is 4.85.